The SMILES string of the molecule is COc1cccc(-c2nc(Br)c3ccccn23)c1. The zero-order valence-electron chi connectivity index (χ0n) is 9.80. The number of hydrogen-bond donors (Lipinski definition) is 0. The van der Waals surface area contributed by atoms with Crippen LogP contribution in [0.1, 0.15) is 0 Å². The van der Waals surface area contributed by atoms with Crippen molar-refractivity contribution in [3.05, 3.63) is 53.3 Å². The van der Waals surface area contributed by atoms with Gasteiger partial charge >= 0.3 is 0 Å². The highest BCUT2D eigenvalue weighted by atomic mass is 79.9. The van der Waals surface area contributed by atoms with Gasteiger partial charge in [-0.25, -0.2) is 4.98 Å². The molecule has 0 bridgehead atoms. The predicted molar refractivity (Wildman–Crippen MR) is 74.9 cm³/mol. The van der Waals surface area contributed by atoms with E-state index < -0.39 is 0 Å². The van der Waals surface area contributed by atoms with Crippen molar-refractivity contribution in [3.8, 4) is 17.1 Å². The Balaban J connectivity index is 2.25. The number of rotatable bonds is 2. The molecule has 2 aromatic heterocycles. The molecule has 3 aromatic rings. The average molecular weight is 303 g/mol. The normalized spacial score (nSPS) is 10.8. The van der Waals surface area contributed by atoms with Crippen LogP contribution >= 0.6 is 15.9 Å². The summed E-state index contributed by atoms with van der Waals surface area (Å²) in [5.74, 6) is 1.73. The van der Waals surface area contributed by atoms with Crippen molar-refractivity contribution >= 4 is 21.4 Å². The van der Waals surface area contributed by atoms with Crippen LogP contribution in [-0.2, 0) is 0 Å². The molecule has 3 nitrogen and oxygen atoms in total. The van der Waals surface area contributed by atoms with Gasteiger partial charge in [0.15, 0.2) is 0 Å². The van der Waals surface area contributed by atoms with Crippen LogP contribution in [0.4, 0.5) is 0 Å². The highest BCUT2D eigenvalue weighted by Gasteiger charge is 2.10. The van der Waals surface area contributed by atoms with Crippen molar-refractivity contribution in [1.82, 2.24) is 9.38 Å². The van der Waals surface area contributed by atoms with Crippen molar-refractivity contribution in [1.29, 1.82) is 0 Å². The number of fused-ring (bicyclic) bond motifs is 1. The van der Waals surface area contributed by atoms with Gasteiger partial charge in [-0.1, -0.05) is 18.2 Å². The number of ether oxygens (including phenoxy) is 1. The number of benzene rings is 1. The highest BCUT2D eigenvalue weighted by molar-refractivity contribution is 9.10. The summed E-state index contributed by atoms with van der Waals surface area (Å²) < 4.78 is 8.15. The molecule has 0 atom stereocenters. The summed E-state index contributed by atoms with van der Waals surface area (Å²) in [4.78, 5) is 4.56. The van der Waals surface area contributed by atoms with Crippen molar-refractivity contribution in [2.45, 2.75) is 0 Å². The first-order valence-electron chi connectivity index (χ1n) is 5.56. The number of pyridine rings is 1. The molecule has 0 saturated carbocycles. The van der Waals surface area contributed by atoms with Crippen LogP contribution in [0.25, 0.3) is 16.9 Å². The molecule has 0 aliphatic carbocycles. The topological polar surface area (TPSA) is 26.5 Å². The maximum absolute atomic E-state index is 5.25. The first-order chi connectivity index (χ1) is 8.79. The van der Waals surface area contributed by atoms with E-state index in [2.05, 4.69) is 25.3 Å². The lowest BCUT2D eigenvalue weighted by atomic mass is 10.2. The summed E-state index contributed by atoms with van der Waals surface area (Å²) in [7, 11) is 1.67. The van der Waals surface area contributed by atoms with Gasteiger partial charge in [0.25, 0.3) is 0 Å². The van der Waals surface area contributed by atoms with Gasteiger partial charge < -0.3 is 4.74 Å². The monoisotopic (exact) mass is 302 g/mol. The maximum Gasteiger partial charge on any atom is 0.146 e. The van der Waals surface area contributed by atoms with Crippen molar-refractivity contribution in [2.75, 3.05) is 7.11 Å². The maximum atomic E-state index is 5.25. The van der Waals surface area contributed by atoms with Gasteiger partial charge in [-0.05, 0) is 40.2 Å². The second-order valence-corrected chi connectivity index (χ2v) is 4.67. The number of imidazole rings is 1. The van der Waals surface area contributed by atoms with Crippen LogP contribution in [-0.4, -0.2) is 16.5 Å². The van der Waals surface area contributed by atoms with E-state index in [0.717, 1.165) is 27.3 Å². The molecular weight excluding hydrogens is 292 g/mol. The Morgan fingerprint density at radius 2 is 2.06 bits per heavy atom. The summed E-state index contributed by atoms with van der Waals surface area (Å²) >= 11 is 3.49. The van der Waals surface area contributed by atoms with Crippen LogP contribution < -0.4 is 4.74 Å². The lowest BCUT2D eigenvalue weighted by Crippen LogP contribution is -1.89. The fourth-order valence-electron chi connectivity index (χ4n) is 1.97. The van der Waals surface area contributed by atoms with E-state index in [1.54, 1.807) is 7.11 Å². The first kappa shape index (κ1) is 11.3. The van der Waals surface area contributed by atoms with Gasteiger partial charge in [-0.2, -0.15) is 0 Å². The standard InChI is InChI=1S/C14H11BrN2O/c1-18-11-6-4-5-10(9-11)14-16-13(15)12-7-2-3-8-17(12)14/h2-9H,1H3. The number of halogens is 1. The molecule has 0 amide bonds. The fourth-order valence-corrected chi connectivity index (χ4v) is 2.46. The van der Waals surface area contributed by atoms with Gasteiger partial charge in [-0.15, -0.1) is 0 Å². The van der Waals surface area contributed by atoms with E-state index >= 15 is 0 Å². The van der Waals surface area contributed by atoms with Crippen LogP contribution in [0, 0.1) is 0 Å². The third-order valence-electron chi connectivity index (χ3n) is 2.83. The molecule has 0 aliphatic rings. The molecule has 0 fully saturated rings. The number of hydrogen-bond acceptors (Lipinski definition) is 2. The summed E-state index contributed by atoms with van der Waals surface area (Å²) in [6, 6.07) is 13.9. The molecule has 0 N–H and O–H groups in total. The molecule has 18 heavy (non-hydrogen) atoms. The third-order valence-corrected chi connectivity index (χ3v) is 3.41. The number of aromatic nitrogens is 2. The summed E-state index contributed by atoms with van der Waals surface area (Å²) in [5.41, 5.74) is 2.08. The molecule has 0 spiro atoms. The van der Waals surface area contributed by atoms with Crippen LogP contribution in [0.3, 0.4) is 0 Å². The van der Waals surface area contributed by atoms with Gasteiger partial charge in [0.2, 0.25) is 0 Å². The fraction of sp³-hybridized carbons (Fsp3) is 0.0714. The van der Waals surface area contributed by atoms with E-state index in [0.29, 0.717) is 0 Å². The van der Waals surface area contributed by atoms with Crippen molar-refractivity contribution in [3.63, 3.8) is 0 Å². The predicted octanol–water partition coefficient (Wildman–Crippen LogP) is 3.77. The Morgan fingerprint density at radius 1 is 1.17 bits per heavy atom. The third kappa shape index (κ3) is 1.78. The second-order valence-electron chi connectivity index (χ2n) is 3.91. The largest absolute Gasteiger partial charge is 0.497 e. The molecule has 0 saturated heterocycles. The molecule has 0 unspecified atom stereocenters. The lowest BCUT2D eigenvalue weighted by Gasteiger charge is -2.03. The smallest absolute Gasteiger partial charge is 0.146 e. The molecular formula is C14H11BrN2O. The molecule has 3 rings (SSSR count). The van der Waals surface area contributed by atoms with Crippen molar-refractivity contribution in [2.24, 2.45) is 0 Å². The van der Waals surface area contributed by atoms with Crippen LogP contribution in [0.2, 0.25) is 0 Å². The van der Waals surface area contributed by atoms with Crippen LogP contribution in [0.15, 0.2) is 53.3 Å². The number of nitrogens with zero attached hydrogens (tertiary/aromatic N) is 2. The van der Waals surface area contributed by atoms with Crippen molar-refractivity contribution < 1.29 is 4.74 Å². The van der Waals surface area contributed by atoms with Gasteiger partial charge in [0.1, 0.15) is 16.2 Å². The minimum atomic E-state index is 0.830. The molecule has 90 valence electrons. The van der Waals surface area contributed by atoms with Gasteiger partial charge in [0, 0.05) is 11.8 Å². The molecule has 1 aromatic carbocycles. The average Bonchev–Trinajstić information content (AvgIpc) is 2.77. The van der Waals surface area contributed by atoms with E-state index in [4.69, 9.17) is 4.74 Å². The summed E-state index contributed by atoms with van der Waals surface area (Å²) in [6.07, 6.45) is 2.00. The van der Waals surface area contributed by atoms with E-state index in [1.165, 1.54) is 0 Å². The number of methoxy groups -OCH3 is 1. The van der Waals surface area contributed by atoms with E-state index in [-0.39, 0.29) is 0 Å². The Bertz CT molecular complexity index is 706. The minimum Gasteiger partial charge on any atom is -0.497 e. The lowest BCUT2D eigenvalue weighted by molar-refractivity contribution is 0.415. The second kappa shape index (κ2) is 4.46. The quantitative estimate of drug-likeness (QED) is 0.720. The Hall–Kier alpha value is -1.81. The van der Waals surface area contributed by atoms with E-state index in [9.17, 15) is 0 Å². The van der Waals surface area contributed by atoms with E-state index in [1.807, 2.05) is 48.7 Å². The van der Waals surface area contributed by atoms with Crippen LogP contribution in [0.5, 0.6) is 5.75 Å². The molecule has 2 heterocycles. The molecule has 4 heteroatoms. The highest BCUT2D eigenvalue weighted by Crippen LogP contribution is 2.27. The summed E-state index contributed by atoms with van der Waals surface area (Å²) in [5, 5.41) is 0. The minimum absolute atomic E-state index is 0.830. The molecule has 0 aliphatic heterocycles. The van der Waals surface area contributed by atoms with Gasteiger partial charge in [0.05, 0.1) is 12.6 Å². The van der Waals surface area contributed by atoms with Gasteiger partial charge in [-0.3, -0.25) is 4.40 Å². The zero-order valence-corrected chi connectivity index (χ0v) is 11.4. The summed E-state index contributed by atoms with van der Waals surface area (Å²) in [6.45, 7) is 0. The Labute approximate surface area is 113 Å². The Kier molecular flexibility index (Phi) is 2.80. The Morgan fingerprint density at radius 3 is 2.89 bits per heavy atom. The molecule has 0 radical (unpaired) electrons. The zero-order chi connectivity index (χ0) is 12.5. The first-order valence-corrected chi connectivity index (χ1v) is 6.36.